The molecule has 8 heteroatoms. The van der Waals surface area contributed by atoms with E-state index in [-0.39, 0.29) is 11.2 Å². The molecule has 25 heavy (non-hydrogen) atoms. The standard InChI is InChI=1S/C17H21ClN4O2S/c1-11(16(23)19-13-10-12(18)7-8-14(13)24-2)25-17-21-20-15-6-4-3-5-9-22(15)17/h7-8,10-11H,3-6,9H2,1-2H3,(H,19,23)/t11-/m0/s1. The lowest BCUT2D eigenvalue weighted by atomic mass is 10.2. The molecular weight excluding hydrogens is 360 g/mol. The van der Waals surface area contributed by atoms with E-state index in [0.717, 1.165) is 36.8 Å². The highest BCUT2D eigenvalue weighted by Crippen LogP contribution is 2.30. The van der Waals surface area contributed by atoms with E-state index in [2.05, 4.69) is 20.1 Å². The summed E-state index contributed by atoms with van der Waals surface area (Å²) in [7, 11) is 1.56. The third kappa shape index (κ3) is 4.27. The van der Waals surface area contributed by atoms with Crippen LogP contribution in [0.15, 0.2) is 23.4 Å². The summed E-state index contributed by atoms with van der Waals surface area (Å²) in [6.07, 6.45) is 4.43. The van der Waals surface area contributed by atoms with Crippen LogP contribution in [-0.4, -0.2) is 33.0 Å². The zero-order valence-electron chi connectivity index (χ0n) is 14.3. The quantitative estimate of drug-likeness (QED) is 0.799. The Morgan fingerprint density at radius 3 is 3.00 bits per heavy atom. The second-order valence-electron chi connectivity index (χ2n) is 5.96. The van der Waals surface area contributed by atoms with Crippen LogP contribution in [0.2, 0.25) is 5.02 Å². The van der Waals surface area contributed by atoms with Crippen molar-refractivity contribution in [3.05, 3.63) is 29.0 Å². The molecule has 6 nitrogen and oxygen atoms in total. The lowest BCUT2D eigenvalue weighted by molar-refractivity contribution is -0.115. The number of benzene rings is 1. The number of anilines is 1. The summed E-state index contributed by atoms with van der Waals surface area (Å²) in [4.78, 5) is 12.6. The Balaban J connectivity index is 1.69. The van der Waals surface area contributed by atoms with Crippen LogP contribution in [0.25, 0.3) is 0 Å². The van der Waals surface area contributed by atoms with Crippen molar-refractivity contribution in [1.82, 2.24) is 14.8 Å². The Labute approximate surface area is 156 Å². The molecule has 0 spiro atoms. The molecule has 0 radical (unpaired) electrons. The van der Waals surface area contributed by atoms with Gasteiger partial charge in [-0.3, -0.25) is 4.79 Å². The van der Waals surface area contributed by atoms with Crippen LogP contribution in [0, 0.1) is 0 Å². The SMILES string of the molecule is COc1ccc(Cl)cc1NC(=O)[C@H](C)Sc1nnc2n1CCCCC2. The molecule has 1 amide bonds. The van der Waals surface area contributed by atoms with Crippen molar-refractivity contribution in [3.63, 3.8) is 0 Å². The number of nitrogens with one attached hydrogen (secondary N) is 1. The van der Waals surface area contributed by atoms with Gasteiger partial charge in [0.1, 0.15) is 11.6 Å². The van der Waals surface area contributed by atoms with Crippen LogP contribution in [-0.2, 0) is 17.8 Å². The van der Waals surface area contributed by atoms with Gasteiger partial charge in [-0.2, -0.15) is 0 Å². The largest absolute Gasteiger partial charge is 0.495 e. The zero-order valence-corrected chi connectivity index (χ0v) is 15.9. The molecule has 1 aliphatic heterocycles. The van der Waals surface area contributed by atoms with E-state index in [1.807, 2.05) is 6.92 Å². The van der Waals surface area contributed by atoms with Gasteiger partial charge in [-0.15, -0.1) is 10.2 Å². The number of hydrogen-bond donors (Lipinski definition) is 1. The minimum absolute atomic E-state index is 0.128. The van der Waals surface area contributed by atoms with Crippen molar-refractivity contribution < 1.29 is 9.53 Å². The van der Waals surface area contributed by atoms with Gasteiger partial charge in [0.05, 0.1) is 18.0 Å². The van der Waals surface area contributed by atoms with Crippen LogP contribution in [0.5, 0.6) is 5.75 Å². The van der Waals surface area contributed by atoms with Gasteiger partial charge in [0, 0.05) is 18.0 Å². The van der Waals surface area contributed by atoms with Crippen LogP contribution >= 0.6 is 23.4 Å². The van der Waals surface area contributed by atoms with Gasteiger partial charge >= 0.3 is 0 Å². The highest BCUT2D eigenvalue weighted by atomic mass is 35.5. The normalized spacial score (nSPS) is 15.2. The monoisotopic (exact) mass is 380 g/mol. The fraction of sp³-hybridized carbons (Fsp3) is 0.471. The third-order valence-corrected chi connectivity index (χ3v) is 5.46. The van der Waals surface area contributed by atoms with Gasteiger partial charge in [-0.25, -0.2) is 0 Å². The Kier molecular flexibility index (Phi) is 5.86. The predicted octanol–water partition coefficient (Wildman–Crippen LogP) is 3.79. The first-order chi connectivity index (χ1) is 12.1. The lowest BCUT2D eigenvalue weighted by Crippen LogP contribution is -2.23. The molecular formula is C17H21ClN4O2S. The highest BCUT2D eigenvalue weighted by Gasteiger charge is 2.22. The van der Waals surface area contributed by atoms with Crippen molar-refractivity contribution >= 4 is 35.0 Å². The first kappa shape index (κ1) is 18.1. The zero-order chi connectivity index (χ0) is 17.8. The Bertz CT molecular complexity index is 765. The molecule has 0 fully saturated rings. The number of ether oxygens (including phenoxy) is 1. The number of methoxy groups -OCH3 is 1. The molecule has 1 aliphatic rings. The molecule has 0 aliphatic carbocycles. The van der Waals surface area contributed by atoms with Crippen LogP contribution < -0.4 is 10.1 Å². The fourth-order valence-electron chi connectivity index (χ4n) is 2.77. The Morgan fingerprint density at radius 2 is 2.20 bits per heavy atom. The molecule has 1 aromatic heterocycles. The number of hydrogen-bond acceptors (Lipinski definition) is 5. The van der Waals surface area contributed by atoms with Crippen LogP contribution in [0.4, 0.5) is 5.69 Å². The number of thioether (sulfide) groups is 1. The summed E-state index contributed by atoms with van der Waals surface area (Å²) in [6, 6.07) is 5.13. The van der Waals surface area contributed by atoms with E-state index in [0.29, 0.717) is 16.5 Å². The summed E-state index contributed by atoms with van der Waals surface area (Å²) in [5.74, 6) is 1.46. The van der Waals surface area contributed by atoms with E-state index in [1.54, 1.807) is 25.3 Å². The smallest absolute Gasteiger partial charge is 0.237 e. The molecule has 2 heterocycles. The number of rotatable bonds is 5. The van der Waals surface area contributed by atoms with Crippen LogP contribution in [0.3, 0.4) is 0 Å². The van der Waals surface area contributed by atoms with E-state index in [4.69, 9.17) is 16.3 Å². The predicted molar refractivity (Wildman–Crippen MR) is 99.5 cm³/mol. The molecule has 3 rings (SSSR count). The minimum atomic E-state index is -0.319. The lowest BCUT2D eigenvalue weighted by Gasteiger charge is -2.14. The van der Waals surface area contributed by atoms with E-state index >= 15 is 0 Å². The Morgan fingerprint density at radius 1 is 1.36 bits per heavy atom. The average molecular weight is 381 g/mol. The summed E-state index contributed by atoms with van der Waals surface area (Å²) in [5.41, 5.74) is 0.563. The molecule has 0 unspecified atom stereocenters. The number of amides is 1. The number of fused-ring (bicyclic) bond motifs is 1. The molecule has 1 atom stereocenters. The van der Waals surface area contributed by atoms with Crippen molar-refractivity contribution in [1.29, 1.82) is 0 Å². The molecule has 2 aromatic rings. The minimum Gasteiger partial charge on any atom is -0.495 e. The number of aryl methyl sites for hydroxylation is 1. The number of aromatic nitrogens is 3. The summed E-state index contributed by atoms with van der Waals surface area (Å²) in [6.45, 7) is 2.77. The van der Waals surface area contributed by atoms with Crippen LogP contribution in [0.1, 0.15) is 32.0 Å². The maximum Gasteiger partial charge on any atom is 0.237 e. The van der Waals surface area contributed by atoms with Gasteiger partial charge in [-0.05, 0) is 38.0 Å². The molecule has 1 aromatic carbocycles. The maximum atomic E-state index is 12.6. The fourth-order valence-corrected chi connectivity index (χ4v) is 3.84. The van der Waals surface area contributed by atoms with Gasteiger partial charge in [0.15, 0.2) is 5.16 Å². The summed E-state index contributed by atoms with van der Waals surface area (Å²) < 4.78 is 7.41. The highest BCUT2D eigenvalue weighted by molar-refractivity contribution is 8.00. The van der Waals surface area contributed by atoms with Crippen molar-refractivity contribution in [3.8, 4) is 5.75 Å². The number of halogens is 1. The van der Waals surface area contributed by atoms with Gasteiger partial charge in [-0.1, -0.05) is 29.8 Å². The molecule has 0 bridgehead atoms. The summed E-state index contributed by atoms with van der Waals surface area (Å²) >= 11 is 7.44. The van der Waals surface area contributed by atoms with E-state index < -0.39 is 0 Å². The molecule has 0 saturated carbocycles. The topological polar surface area (TPSA) is 69.0 Å². The Hall–Kier alpha value is -1.73. The van der Waals surface area contributed by atoms with Crippen molar-refractivity contribution in [2.45, 2.75) is 49.6 Å². The average Bonchev–Trinajstić information content (AvgIpc) is 2.81. The molecule has 134 valence electrons. The maximum absolute atomic E-state index is 12.6. The first-order valence-corrected chi connectivity index (χ1v) is 9.57. The second-order valence-corrected chi connectivity index (χ2v) is 7.70. The van der Waals surface area contributed by atoms with Crippen molar-refractivity contribution in [2.75, 3.05) is 12.4 Å². The van der Waals surface area contributed by atoms with E-state index in [1.165, 1.54) is 18.2 Å². The van der Waals surface area contributed by atoms with Gasteiger partial charge in [0.25, 0.3) is 0 Å². The molecule has 1 N–H and O–H groups in total. The number of carbonyl (C=O) groups is 1. The molecule has 0 saturated heterocycles. The number of carbonyl (C=O) groups excluding carboxylic acids is 1. The summed E-state index contributed by atoms with van der Waals surface area (Å²) in [5, 5.41) is 12.4. The first-order valence-electron chi connectivity index (χ1n) is 8.31. The number of nitrogens with zero attached hydrogens (tertiary/aromatic N) is 3. The third-order valence-electron chi connectivity index (χ3n) is 4.15. The van der Waals surface area contributed by atoms with E-state index in [9.17, 15) is 4.79 Å². The van der Waals surface area contributed by atoms with Gasteiger partial charge in [0.2, 0.25) is 5.91 Å². The van der Waals surface area contributed by atoms with Crippen molar-refractivity contribution in [2.24, 2.45) is 0 Å². The second kappa shape index (κ2) is 8.10. The van der Waals surface area contributed by atoms with Gasteiger partial charge < -0.3 is 14.6 Å².